The second kappa shape index (κ2) is 6.43. The number of anilines is 1. The van der Waals surface area contributed by atoms with Crippen molar-refractivity contribution in [3.8, 4) is 0 Å². The third kappa shape index (κ3) is 3.15. The van der Waals surface area contributed by atoms with Crippen LogP contribution in [0, 0.1) is 19.7 Å². The summed E-state index contributed by atoms with van der Waals surface area (Å²) in [6.45, 7) is 5.39. The molecule has 126 valence electrons. The summed E-state index contributed by atoms with van der Waals surface area (Å²) in [5, 5.41) is 6.20. The quantitative estimate of drug-likeness (QED) is 0.923. The Labute approximate surface area is 138 Å². The monoisotopic (exact) mass is 330 g/mol. The molecule has 7 heteroatoms. The highest BCUT2D eigenvalue weighted by Crippen LogP contribution is 2.19. The highest BCUT2D eigenvalue weighted by atomic mass is 19.1. The Balaban J connectivity index is 1.72. The molecule has 3 rings (SSSR count). The van der Waals surface area contributed by atoms with Crippen molar-refractivity contribution in [3.05, 3.63) is 57.3 Å². The van der Waals surface area contributed by atoms with Gasteiger partial charge in [0.2, 0.25) is 5.91 Å². The van der Waals surface area contributed by atoms with Gasteiger partial charge < -0.3 is 9.80 Å². The van der Waals surface area contributed by atoms with Crippen LogP contribution in [0.15, 0.2) is 29.2 Å². The molecule has 0 aliphatic carbocycles. The molecule has 24 heavy (non-hydrogen) atoms. The summed E-state index contributed by atoms with van der Waals surface area (Å²) in [6.07, 6.45) is 1.57. The van der Waals surface area contributed by atoms with E-state index in [1.54, 1.807) is 24.1 Å². The lowest BCUT2D eigenvalue weighted by molar-refractivity contribution is -0.131. The Morgan fingerprint density at radius 3 is 2.75 bits per heavy atom. The van der Waals surface area contributed by atoms with Crippen molar-refractivity contribution in [2.45, 2.75) is 20.4 Å². The number of aromatic amines is 1. The van der Waals surface area contributed by atoms with E-state index in [4.69, 9.17) is 0 Å². The maximum absolute atomic E-state index is 13.2. The number of carbonyl (C=O) groups is 1. The van der Waals surface area contributed by atoms with Crippen LogP contribution in [-0.4, -0.2) is 40.6 Å². The van der Waals surface area contributed by atoms with Crippen molar-refractivity contribution in [2.24, 2.45) is 0 Å². The number of carbonyl (C=O) groups excluding carboxylic acids is 1. The van der Waals surface area contributed by atoms with Gasteiger partial charge in [-0.05, 0) is 37.1 Å². The molecular formula is C17H19FN4O2. The van der Waals surface area contributed by atoms with Gasteiger partial charge in [0, 0.05) is 25.2 Å². The average molecular weight is 330 g/mol. The Morgan fingerprint density at radius 2 is 2.04 bits per heavy atom. The number of piperazine rings is 1. The Bertz CT molecular complexity index is 834. The second-order valence-electron chi connectivity index (χ2n) is 6.02. The summed E-state index contributed by atoms with van der Waals surface area (Å²) in [4.78, 5) is 27.8. The number of hydrogen-bond acceptors (Lipinski definition) is 4. The van der Waals surface area contributed by atoms with Crippen LogP contribution in [-0.2, 0) is 11.3 Å². The molecule has 1 N–H and O–H groups in total. The summed E-state index contributed by atoms with van der Waals surface area (Å²) in [6, 6.07) is 4.60. The van der Waals surface area contributed by atoms with Crippen molar-refractivity contribution in [2.75, 3.05) is 24.5 Å². The second-order valence-corrected chi connectivity index (χ2v) is 6.02. The van der Waals surface area contributed by atoms with E-state index < -0.39 is 0 Å². The molecule has 2 heterocycles. The van der Waals surface area contributed by atoms with Crippen LogP contribution in [0.2, 0.25) is 0 Å². The van der Waals surface area contributed by atoms with Gasteiger partial charge in [0.15, 0.2) is 0 Å². The van der Waals surface area contributed by atoms with E-state index >= 15 is 0 Å². The largest absolute Gasteiger partial charge is 0.359 e. The molecule has 0 saturated carbocycles. The van der Waals surface area contributed by atoms with Crippen molar-refractivity contribution in [3.63, 3.8) is 0 Å². The first kappa shape index (κ1) is 16.2. The van der Waals surface area contributed by atoms with E-state index in [1.165, 1.54) is 12.1 Å². The van der Waals surface area contributed by atoms with Crippen LogP contribution in [0.25, 0.3) is 0 Å². The number of amides is 1. The number of aryl methyl sites for hydroxylation is 1. The van der Waals surface area contributed by atoms with E-state index in [0.717, 1.165) is 11.1 Å². The first-order chi connectivity index (χ1) is 11.5. The molecule has 1 aromatic heterocycles. The minimum atomic E-state index is -0.273. The third-order valence-corrected chi connectivity index (χ3v) is 4.40. The van der Waals surface area contributed by atoms with Crippen LogP contribution < -0.4 is 10.5 Å². The van der Waals surface area contributed by atoms with Gasteiger partial charge in [-0.1, -0.05) is 6.07 Å². The van der Waals surface area contributed by atoms with Gasteiger partial charge in [0.25, 0.3) is 5.56 Å². The Morgan fingerprint density at radius 1 is 1.25 bits per heavy atom. The van der Waals surface area contributed by atoms with Crippen molar-refractivity contribution < 1.29 is 9.18 Å². The Hall–Kier alpha value is -2.70. The minimum Gasteiger partial charge on any atom is -0.359 e. The summed E-state index contributed by atoms with van der Waals surface area (Å²) in [5.74, 6) is -0.297. The fourth-order valence-corrected chi connectivity index (χ4v) is 2.89. The van der Waals surface area contributed by atoms with Crippen LogP contribution in [0.1, 0.15) is 16.7 Å². The number of nitrogens with one attached hydrogen (secondary N) is 1. The summed E-state index contributed by atoms with van der Waals surface area (Å²) >= 11 is 0. The van der Waals surface area contributed by atoms with Gasteiger partial charge in [0.1, 0.15) is 5.82 Å². The third-order valence-electron chi connectivity index (χ3n) is 4.40. The molecule has 1 aromatic carbocycles. The topological polar surface area (TPSA) is 69.3 Å². The molecule has 2 aromatic rings. The normalized spacial score (nSPS) is 15.0. The van der Waals surface area contributed by atoms with E-state index in [9.17, 15) is 14.0 Å². The van der Waals surface area contributed by atoms with Gasteiger partial charge in [-0.15, -0.1) is 0 Å². The number of halogens is 1. The van der Waals surface area contributed by atoms with Gasteiger partial charge in [-0.25, -0.2) is 9.49 Å². The summed E-state index contributed by atoms with van der Waals surface area (Å²) in [7, 11) is 0. The van der Waals surface area contributed by atoms with E-state index in [0.29, 0.717) is 30.9 Å². The maximum atomic E-state index is 13.2. The highest BCUT2D eigenvalue weighted by molar-refractivity contribution is 5.83. The van der Waals surface area contributed by atoms with E-state index in [-0.39, 0.29) is 23.8 Å². The molecule has 0 bridgehead atoms. The van der Waals surface area contributed by atoms with Crippen LogP contribution >= 0.6 is 0 Å². The zero-order chi connectivity index (χ0) is 17.3. The molecule has 0 atom stereocenters. The van der Waals surface area contributed by atoms with E-state index in [1.807, 2.05) is 11.8 Å². The van der Waals surface area contributed by atoms with Crippen molar-refractivity contribution >= 4 is 11.6 Å². The maximum Gasteiger partial charge on any atom is 0.269 e. The average Bonchev–Trinajstić information content (AvgIpc) is 2.54. The molecule has 0 spiro atoms. The molecule has 1 saturated heterocycles. The van der Waals surface area contributed by atoms with E-state index in [2.05, 4.69) is 10.2 Å². The number of rotatable bonds is 3. The molecule has 1 fully saturated rings. The lowest BCUT2D eigenvalue weighted by atomic mass is 10.1. The van der Waals surface area contributed by atoms with Crippen LogP contribution in [0.4, 0.5) is 10.1 Å². The lowest BCUT2D eigenvalue weighted by Gasteiger charge is -2.36. The molecule has 6 nitrogen and oxygen atoms in total. The zero-order valence-electron chi connectivity index (χ0n) is 13.7. The fraction of sp³-hybridized carbons (Fsp3) is 0.353. The fourth-order valence-electron chi connectivity index (χ4n) is 2.89. The first-order valence-electron chi connectivity index (χ1n) is 7.77. The molecule has 0 radical (unpaired) electrons. The molecular weight excluding hydrogens is 311 g/mol. The smallest absolute Gasteiger partial charge is 0.269 e. The number of nitrogens with zero attached hydrogens (tertiary/aromatic N) is 3. The molecule has 1 aliphatic rings. The summed E-state index contributed by atoms with van der Waals surface area (Å²) < 4.78 is 13.2. The SMILES string of the molecule is Cc1cc(F)ccc1CN1CCN(c2cn[nH]c(=O)c2C)CC1=O. The highest BCUT2D eigenvalue weighted by Gasteiger charge is 2.26. The van der Waals surface area contributed by atoms with Gasteiger partial charge in [0.05, 0.1) is 18.4 Å². The number of aromatic nitrogens is 2. The zero-order valence-corrected chi connectivity index (χ0v) is 13.7. The van der Waals surface area contributed by atoms with Crippen LogP contribution in [0.5, 0.6) is 0 Å². The number of benzene rings is 1. The summed E-state index contributed by atoms with van der Waals surface area (Å²) in [5.41, 5.74) is 2.77. The molecule has 1 amide bonds. The van der Waals surface area contributed by atoms with Crippen LogP contribution in [0.3, 0.4) is 0 Å². The lowest BCUT2D eigenvalue weighted by Crippen LogP contribution is -2.50. The van der Waals surface area contributed by atoms with Gasteiger partial charge in [-0.3, -0.25) is 9.59 Å². The standard InChI is InChI=1S/C17H19FN4O2/c1-11-7-14(18)4-3-13(11)9-22-6-5-21(10-16(22)23)15-8-19-20-17(24)12(15)2/h3-4,7-8H,5-6,9-10H2,1-2H3,(H,20,24). The number of hydrogen-bond donors (Lipinski definition) is 1. The predicted octanol–water partition coefficient (Wildman–Crippen LogP) is 1.37. The molecule has 0 unspecified atom stereocenters. The minimum absolute atomic E-state index is 0.0235. The van der Waals surface area contributed by atoms with Gasteiger partial charge in [-0.2, -0.15) is 5.10 Å². The predicted molar refractivity (Wildman–Crippen MR) is 88.4 cm³/mol. The molecule has 1 aliphatic heterocycles. The van der Waals surface area contributed by atoms with Crippen molar-refractivity contribution in [1.29, 1.82) is 0 Å². The van der Waals surface area contributed by atoms with Crippen molar-refractivity contribution in [1.82, 2.24) is 15.1 Å². The van der Waals surface area contributed by atoms with Gasteiger partial charge >= 0.3 is 0 Å². The Kier molecular flexibility index (Phi) is 4.33. The first-order valence-corrected chi connectivity index (χ1v) is 7.77. The number of H-pyrrole nitrogens is 1.